The molecule has 0 bridgehead atoms. The summed E-state index contributed by atoms with van der Waals surface area (Å²) < 4.78 is 48.4. The molecular formula is C16H19F3N4O4. The average Bonchev–Trinajstić information content (AvgIpc) is 3.01. The maximum atomic E-state index is 12.3. The third kappa shape index (κ3) is 6.13. The van der Waals surface area contributed by atoms with Gasteiger partial charge in [0.15, 0.2) is 18.1 Å². The number of nitro benzene ring substituents is 1. The van der Waals surface area contributed by atoms with E-state index in [-0.39, 0.29) is 29.3 Å². The van der Waals surface area contributed by atoms with Gasteiger partial charge in [0, 0.05) is 24.8 Å². The van der Waals surface area contributed by atoms with Crippen LogP contribution in [0, 0.1) is 17.0 Å². The molecule has 0 radical (unpaired) electrons. The second kappa shape index (κ2) is 8.71. The van der Waals surface area contributed by atoms with Gasteiger partial charge in [-0.2, -0.15) is 18.3 Å². The van der Waals surface area contributed by atoms with E-state index in [0.717, 1.165) is 11.6 Å². The lowest BCUT2D eigenvalue weighted by atomic mass is 10.1. The highest BCUT2D eigenvalue weighted by molar-refractivity contribution is 5.54. The van der Waals surface area contributed by atoms with E-state index in [9.17, 15) is 23.3 Å². The molecular weight excluding hydrogens is 369 g/mol. The molecule has 2 rings (SSSR count). The summed E-state index contributed by atoms with van der Waals surface area (Å²) in [5, 5.41) is 18.4. The Morgan fingerprint density at radius 2 is 2.07 bits per heavy atom. The molecule has 0 fully saturated rings. The molecule has 0 aliphatic carbocycles. The highest BCUT2D eigenvalue weighted by Gasteiger charge is 2.30. The molecule has 1 N–H and O–H groups in total. The van der Waals surface area contributed by atoms with Crippen LogP contribution in [0.2, 0.25) is 0 Å². The zero-order valence-electron chi connectivity index (χ0n) is 14.7. The maximum absolute atomic E-state index is 12.3. The van der Waals surface area contributed by atoms with Crippen molar-refractivity contribution in [2.24, 2.45) is 0 Å². The molecule has 2 aromatic rings. The monoisotopic (exact) mass is 388 g/mol. The van der Waals surface area contributed by atoms with E-state index in [1.54, 1.807) is 10.9 Å². The fourth-order valence-electron chi connectivity index (χ4n) is 2.34. The third-order valence-electron chi connectivity index (χ3n) is 3.55. The van der Waals surface area contributed by atoms with E-state index in [0.29, 0.717) is 13.1 Å². The number of aryl methyl sites for hydroxylation is 1. The van der Waals surface area contributed by atoms with Gasteiger partial charge in [-0.1, -0.05) is 0 Å². The number of hydrogen-bond acceptors (Lipinski definition) is 6. The van der Waals surface area contributed by atoms with Crippen LogP contribution in [-0.2, 0) is 13.1 Å². The van der Waals surface area contributed by atoms with Gasteiger partial charge in [0.05, 0.1) is 30.8 Å². The van der Waals surface area contributed by atoms with E-state index in [4.69, 9.17) is 4.74 Å². The first kappa shape index (κ1) is 20.5. The van der Waals surface area contributed by atoms with Crippen molar-refractivity contribution in [2.75, 3.05) is 20.3 Å². The first-order valence-corrected chi connectivity index (χ1v) is 7.94. The van der Waals surface area contributed by atoms with Gasteiger partial charge in [0.2, 0.25) is 0 Å². The highest BCUT2D eigenvalue weighted by atomic mass is 19.4. The Labute approximate surface area is 153 Å². The van der Waals surface area contributed by atoms with Crippen LogP contribution in [-0.4, -0.2) is 41.1 Å². The zero-order chi connectivity index (χ0) is 20.0. The van der Waals surface area contributed by atoms with E-state index in [2.05, 4.69) is 15.2 Å². The third-order valence-corrected chi connectivity index (χ3v) is 3.55. The number of nitrogens with zero attached hydrogens (tertiary/aromatic N) is 3. The minimum Gasteiger partial charge on any atom is -0.493 e. The van der Waals surface area contributed by atoms with Crippen molar-refractivity contribution < 1.29 is 27.6 Å². The Hall–Kier alpha value is -2.82. The molecule has 0 aliphatic heterocycles. The Morgan fingerprint density at radius 1 is 1.33 bits per heavy atom. The lowest BCUT2D eigenvalue weighted by molar-refractivity contribution is -0.385. The summed E-state index contributed by atoms with van der Waals surface area (Å²) in [6, 6.07) is 2.24. The Kier molecular flexibility index (Phi) is 6.61. The van der Waals surface area contributed by atoms with Gasteiger partial charge in [0.1, 0.15) is 0 Å². The molecule has 0 unspecified atom stereocenters. The molecule has 1 heterocycles. The van der Waals surface area contributed by atoms with Crippen LogP contribution >= 0.6 is 0 Å². The predicted octanol–water partition coefficient (Wildman–Crippen LogP) is 2.84. The van der Waals surface area contributed by atoms with E-state index in [1.165, 1.54) is 13.2 Å². The molecule has 11 heteroatoms. The van der Waals surface area contributed by atoms with Crippen molar-refractivity contribution in [1.29, 1.82) is 0 Å². The highest BCUT2D eigenvalue weighted by Crippen LogP contribution is 2.35. The number of halogens is 3. The number of nitro groups is 1. The molecule has 27 heavy (non-hydrogen) atoms. The number of alkyl halides is 3. The van der Waals surface area contributed by atoms with Crippen molar-refractivity contribution in [1.82, 2.24) is 15.1 Å². The molecule has 0 amide bonds. The minimum atomic E-state index is -4.56. The lowest BCUT2D eigenvalue weighted by Crippen LogP contribution is -2.21. The Morgan fingerprint density at radius 3 is 2.63 bits per heavy atom. The average molecular weight is 388 g/mol. The summed E-state index contributed by atoms with van der Waals surface area (Å²) in [7, 11) is 1.25. The molecule has 1 aromatic heterocycles. The minimum absolute atomic E-state index is 0.00986. The molecule has 0 aliphatic rings. The normalized spacial score (nSPS) is 11.4. The van der Waals surface area contributed by atoms with Crippen LogP contribution in [0.5, 0.6) is 11.5 Å². The largest absolute Gasteiger partial charge is 0.493 e. The van der Waals surface area contributed by atoms with Crippen LogP contribution in [0.15, 0.2) is 24.5 Å². The van der Waals surface area contributed by atoms with Crippen molar-refractivity contribution in [2.45, 2.75) is 26.2 Å². The molecule has 8 nitrogen and oxygen atoms in total. The number of methoxy groups -OCH3 is 1. The summed E-state index contributed by atoms with van der Waals surface area (Å²) in [6.45, 7) is 1.53. The Balaban J connectivity index is 2.08. The van der Waals surface area contributed by atoms with Crippen molar-refractivity contribution in [3.63, 3.8) is 0 Å². The van der Waals surface area contributed by atoms with Crippen LogP contribution in [0.3, 0.4) is 0 Å². The van der Waals surface area contributed by atoms with Crippen LogP contribution in [0.4, 0.5) is 18.9 Å². The fraction of sp³-hybridized carbons (Fsp3) is 0.438. The second-order valence-corrected chi connectivity index (χ2v) is 5.75. The van der Waals surface area contributed by atoms with Crippen LogP contribution in [0.25, 0.3) is 0 Å². The lowest BCUT2D eigenvalue weighted by Gasteiger charge is -2.14. The second-order valence-electron chi connectivity index (χ2n) is 5.75. The van der Waals surface area contributed by atoms with Gasteiger partial charge in [0.25, 0.3) is 5.69 Å². The van der Waals surface area contributed by atoms with Crippen molar-refractivity contribution in [3.8, 4) is 11.5 Å². The Bertz CT molecular complexity index is 792. The summed E-state index contributed by atoms with van der Waals surface area (Å²) in [5.74, 6) is -0.346. The number of aromatic nitrogens is 2. The topological polar surface area (TPSA) is 91.5 Å². The standard InChI is InChI=1S/C16H19F3N4O4/c1-11-7-21-22(9-11)4-3-20-8-12-5-14(26-2)15(6-13(12)23(24)25)27-10-16(17,18)19/h5-7,9,20H,3-4,8,10H2,1-2H3. The van der Waals surface area contributed by atoms with E-state index in [1.807, 2.05) is 13.1 Å². The first-order chi connectivity index (χ1) is 12.7. The van der Waals surface area contributed by atoms with Gasteiger partial charge < -0.3 is 14.8 Å². The number of benzene rings is 1. The number of ether oxygens (including phenoxy) is 2. The fourth-order valence-corrected chi connectivity index (χ4v) is 2.34. The summed E-state index contributed by atoms with van der Waals surface area (Å²) in [6.07, 6.45) is -0.986. The van der Waals surface area contributed by atoms with E-state index < -0.39 is 17.7 Å². The summed E-state index contributed by atoms with van der Waals surface area (Å²) in [4.78, 5) is 10.6. The zero-order valence-corrected chi connectivity index (χ0v) is 14.7. The van der Waals surface area contributed by atoms with Crippen molar-refractivity contribution >= 4 is 5.69 Å². The van der Waals surface area contributed by atoms with Gasteiger partial charge in [-0.25, -0.2) is 0 Å². The number of hydrogen-bond donors (Lipinski definition) is 1. The summed E-state index contributed by atoms with van der Waals surface area (Å²) >= 11 is 0. The molecule has 0 atom stereocenters. The smallest absolute Gasteiger partial charge is 0.422 e. The molecule has 0 spiro atoms. The predicted molar refractivity (Wildman–Crippen MR) is 89.9 cm³/mol. The van der Waals surface area contributed by atoms with E-state index >= 15 is 0 Å². The van der Waals surface area contributed by atoms with Gasteiger partial charge in [-0.3, -0.25) is 14.8 Å². The molecule has 0 saturated heterocycles. The number of nitrogens with one attached hydrogen (secondary N) is 1. The quantitative estimate of drug-likeness (QED) is 0.404. The summed E-state index contributed by atoms with van der Waals surface area (Å²) in [5.41, 5.74) is 0.938. The molecule has 0 saturated carbocycles. The SMILES string of the molecule is COc1cc(CNCCn2cc(C)cn2)c([N+](=O)[O-])cc1OCC(F)(F)F. The maximum Gasteiger partial charge on any atom is 0.422 e. The van der Waals surface area contributed by atoms with Crippen molar-refractivity contribution in [3.05, 3.63) is 45.8 Å². The van der Waals surface area contributed by atoms with Gasteiger partial charge in [-0.15, -0.1) is 0 Å². The van der Waals surface area contributed by atoms with Crippen LogP contribution < -0.4 is 14.8 Å². The molecule has 1 aromatic carbocycles. The van der Waals surface area contributed by atoms with Gasteiger partial charge in [-0.05, 0) is 18.6 Å². The number of rotatable bonds is 9. The first-order valence-electron chi connectivity index (χ1n) is 7.94. The molecule has 148 valence electrons. The van der Waals surface area contributed by atoms with Gasteiger partial charge >= 0.3 is 6.18 Å². The van der Waals surface area contributed by atoms with Crippen LogP contribution in [0.1, 0.15) is 11.1 Å².